The maximum absolute atomic E-state index is 13.1. The van der Waals surface area contributed by atoms with Crippen molar-refractivity contribution >= 4 is 15.9 Å². The second kappa shape index (κ2) is 7.11. The number of amides is 1. The molecule has 0 N–H and O–H groups in total. The predicted molar refractivity (Wildman–Crippen MR) is 97.1 cm³/mol. The SMILES string of the molecule is CC[C@@H]1CCCCN1C(=O)c1cc(S(=O)(=O)N2CCCC2)c(C)n1C. The summed E-state index contributed by atoms with van der Waals surface area (Å²) >= 11 is 0. The summed E-state index contributed by atoms with van der Waals surface area (Å²) in [6, 6.07) is 1.85. The molecule has 25 heavy (non-hydrogen) atoms. The summed E-state index contributed by atoms with van der Waals surface area (Å²) in [6.07, 6.45) is 5.96. The Balaban J connectivity index is 1.94. The van der Waals surface area contributed by atoms with E-state index >= 15 is 0 Å². The van der Waals surface area contributed by atoms with E-state index in [2.05, 4.69) is 6.92 Å². The maximum atomic E-state index is 13.1. The predicted octanol–water partition coefficient (Wildman–Crippen LogP) is 2.52. The Labute approximate surface area is 150 Å². The summed E-state index contributed by atoms with van der Waals surface area (Å²) in [7, 11) is -1.72. The molecule has 0 aromatic carbocycles. The maximum Gasteiger partial charge on any atom is 0.270 e. The van der Waals surface area contributed by atoms with Crippen LogP contribution in [-0.2, 0) is 17.1 Å². The van der Waals surface area contributed by atoms with Gasteiger partial charge in [-0.3, -0.25) is 4.79 Å². The minimum Gasteiger partial charge on any atom is -0.343 e. The minimum absolute atomic E-state index is 0.0416. The first-order valence-corrected chi connectivity index (χ1v) is 10.8. The highest BCUT2D eigenvalue weighted by atomic mass is 32.2. The van der Waals surface area contributed by atoms with Gasteiger partial charge in [0.1, 0.15) is 10.6 Å². The molecular weight excluding hydrogens is 338 g/mol. The Kier molecular flexibility index (Phi) is 5.25. The average molecular weight is 368 g/mol. The number of hydrogen-bond donors (Lipinski definition) is 0. The van der Waals surface area contributed by atoms with E-state index in [1.807, 2.05) is 4.90 Å². The zero-order valence-corrected chi connectivity index (χ0v) is 16.3. The third kappa shape index (κ3) is 3.24. The average Bonchev–Trinajstić information content (AvgIpc) is 3.25. The number of hydrogen-bond acceptors (Lipinski definition) is 3. The van der Waals surface area contributed by atoms with Crippen LogP contribution >= 0.6 is 0 Å². The van der Waals surface area contributed by atoms with Gasteiger partial charge in [0.25, 0.3) is 5.91 Å². The van der Waals surface area contributed by atoms with Crippen LogP contribution in [0, 0.1) is 6.92 Å². The summed E-state index contributed by atoms with van der Waals surface area (Å²) in [5.74, 6) is -0.0416. The number of aromatic nitrogens is 1. The Bertz CT molecular complexity index is 748. The third-order valence-corrected chi connectivity index (χ3v) is 7.76. The molecule has 1 aromatic heterocycles. The molecule has 2 saturated heterocycles. The van der Waals surface area contributed by atoms with Crippen molar-refractivity contribution in [3.8, 4) is 0 Å². The van der Waals surface area contributed by atoms with Crippen molar-refractivity contribution in [3.05, 3.63) is 17.5 Å². The Morgan fingerprint density at radius 2 is 1.80 bits per heavy atom. The van der Waals surface area contributed by atoms with E-state index < -0.39 is 10.0 Å². The number of nitrogens with zero attached hydrogens (tertiary/aromatic N) is 3. The number of rotatable bonds is 4. The normalized spacial score (nSPS) is 22.5. The Morgan fingerprint density at radius 3 is 2.44 bits per heavy atom. The first-order valence-electron chi connectivity index (χ1n) is 9.35. The molecule has 0 saturated carbocycles. The zero-order chi connectivity index (χ0) is 18.2. The molecular formula is C18H29N3O3S. The van der Waals surface area contributed by atoms with Crippen molar-refractivity contribution < 1.29 is 13.2 Å². The number of piperidine rings is 1. The molecule has 2 fully saturated rings. The van der Waals surface area contributed by atoms with E-state index in [0.29, 0.717) is 24.5 Å². The molecule has 0 spiro atoms. The summed E-state index contributed by atoms with van der Waals surface area (Å²) in [6.45, 7) is 5.80. The summed E-state index contributed by atoms with van der Waals surface area (Å²) in [4.78, 5) is 15.3. The first-order chi connectivity index (χ1) is 11.9. The highest BCUT2D eigenvalue weighted by molar-refractivity contribution is 7.89. The van der Waals surface area contributed by atoms with Crippen LogP contribution in [0.1, 0.15) is 61.6 Å². The van der Waals surface area contributed by atoms with Crippen LogP contribution in [-0.4, -0.2) is 53.8 Å². The van der Waals surface area contributed by atoms with Gasteiger partial charge in [-0.25, -0.2) is 8.42 Å². The lowest BCUT2D eigenvalue weighted by molar-refractivity contribution is 0.0598. The first kappa shape index (κ1) is 18.5. The second-order valence-corrected chi connectivity index (χ2v) is 9.11. The van der Waals surface area contributed by atoms with Gasteiger partial charge in [0.05, 0.1) is 0 Å². The van der Waals surface area contributed by atoms with E-state index in [-0.39, 0.29) is 16.8 Å². The molecule has 2 aliphatic rings. The van der Waals surface area contributed by atoms with Crippen LogP contribution in [0.15, 0.2) is 11.0 Å². The molecule has 0 unspecified atom stereocenters. The molecule has 7 heteroatoms. The second-order valence-electron chi connectivity index (χ2n) is 7.21. The van der Waals surface area contributed by atoms with Crippen molar-refractivity contribution in [2.75, 3.05) is 19.6 Å². The van der Waals surface area contributed by atoms with Gasteiger partial charge in [-0.05, 0) is 51.5 Å². The fourth-order valence-corrected chi connectivity index (χ4v) is 5.83. The smallest absolute Gasteiger partial charge is 0.270 e. The van der Waals surface area contributed by atoms with Gasteiger partial charge in [-0.2, -0.15) is 4.31 Å². The van der Waals surface area contributed by atoms with Crippen LogP contribution < -0.4 is 0 Å². The van der Waals surface area contributed by atoms with Gasteiger partial charge in [-0.1, -0.05) is 6.92 Å². The van der Waals surface area contributed by atoms with Gasteiger partial charge in [-0.15, -0.1) is 0 Å². The van der Waals surface area contributed by atoms with Crippen molar-refractivity contribution in [1.29, 1.82) is 0 Å². The van der Waals surface area contributed by atoms with Crippen molar-refractivity contribution in [2.24, 2.45) is 7.05 Å². The van der Waals surface area contributed by atoms with E-state index in [1.54, 1.807) is 28.9 Å². The molecule has 1 aromatic rings. The highest BCUT2D eigenvalue weighted by Gasteiger charge is 2.34. The fraction of sp³-hybridized carbons (Fsp3) is 0.722. The van der Waals surface area contributed by atoms with Crippen LogP contribution in [0.4, 0.5) is 0 Å². The Morgan fingerprint density at radius 1 is 1.16 bits per heavy atom. The molecule has 3 rings (SSSR count). The topological polar surface area (TPSA) is 62.6 Å². The molecule has 6 nitrogen and oxygen atoms in total. The minimum atomic E-state index is -3.51. The summed E-state index contributed by atoms with van der Waals surface area (Å²) < 4.78 is 29.1. The van der Waals surface area contributed by atoms with Crippen molar-refractivity contribution in [3.63, 3.8) is 0 Å². The summed E-state index contributed by atoms with van der Waals surface area (Å²) in [5.41, 5.74) is 1.12. The van der Waals surface area contributed by atoms with Gasteiger partial charge in [0, 0.05) is 38.4 Å². The van der Waals surface area contributed by atoms with E-state index in [1.165, 1.54) is 0 Å². The number of carbonyl (C=O) groups excluding carboxylic acids is 1. The van der Waals surface area contributed by atoms with Crippen molar-refractivity contribution in [1.82, 2.24) is 13.8 Å². The van der Waals surface area contributed by atoms with E-state index in [9.17, 15) is 13.2 Å². The van der Waals surface area contributed by atoms with E-state index in [4.69, 9.17) is 0 Å². The molecule has 1 atom stereocenters. The summed E-state index contributed by atoms with van der Waals surface area (Å²) in [5, 5.41) is 0. The number of carbonyl (C=O) groups is 1. The van der Waals surface area contributed by atoms with Gasteiger partial charge in [0.2, 0.25) is 10.0 Å². The van der Waals surface area contributed by atoms with E-state index in [0.717, 1.165) is 45.1 Å². The van der Waals surface area contributed by atoms with Crippen LogP contribution in [0.5, 0.6) is 0 Å². The molecule has 1 amide bonds. The molecule has 3 heterocycles. The fourth-order valence-electron chi connectivity index (χ4n) is 4.04. The lowest BCUT2D eigenvalue weighted by Crippen LogP contribution is -2.44. The lowest BCUT2D eigenvalue weighted by Gasteiger charge is -2.35. The number of likely N-dealkylation sites (tertiary alicyclic amines) is 1. The largest absolute Gasteiger partial charge is 0.343 e. The van der Waals surface area contributed by atoms with Crippen molar-refractivity contribution in [2.45, 2.75) is 63.3 Å². The highest BCUT2D eigenvalue weighted by Crippen LogP contribution is 2.28. The van der Waals surface area contributed by atoms with Crippen LogP contribution in [0.25, 0.3) is 0 Å². The molecule has 0 radical (unpaired) electrons. The monoisotopic (exact) mass is 367 g/mol. The van der Waals surface area contributed by atoms with Crippen LogP contribution in [0.2, 0.25) is 0 Å². The van der Waals surface area contributed by atoms with Gasteiger partial charge < -0.3 is 9.47 Å². The van der Waals surface area contributed by atoms with Crippen LogP contribution in [0.3, 0.4) is 0 Å². The third-order valence-electron chi connectivity index (χ3n) is 5.75. The molecule has 0 aliphatic carbocycles. The molecule has 0 bridgehead atoms. The quantitative estimate of drug-likeness (QED) is 0.821. The Hall–Kier alpha value is -1.34. The van der Waals surface area contributed by atoms with Gasteiger partial charge >= 0.3 is 0 Å². The zero-order valence-electron chi connectivity index (χ0n) is 15.5. The van der Waals surface area contributed by atoms with Gasteiger partial charge in [0.15, 0.2) is 0 Å². The number of sulfonamides is 1. The molecule has 140 valence electrons. The standard InChI is InChI=1S/C18H29N3O3S/c1-4-15-9-5-6-12-21(15)18(22)16-13-17(14(2)19(16)3)25(23,24)20-10-7-8-11-20/h13,15H,4-12H2,1-3H3/t15-/m1/s1. The molecule has 2 aliphatic heterocycles. The lowest BCUT2D eigenvalue weighted by atomic mass is 9.99.